The number of sulfonamides is 1. The maximum absolute atomic E-state index is 12.7. The summed E-state index contributed by atoms with van der Waals surface area (Å²) in [7, 11) is -3.56. The molecule has 0 unspecified atom stereocenters. The molecule has 4 heterocycles. The zero-order valence-electron chi connectivity index (χ0n) is 14.8. The van der Waals surface area contributed by atoms with Crippen molar-refractivity contribution in [2.24, 2.45) is 4.40 Å². The molecule has 27 heavy (non-hydrogen) atoms. The molecule has 0 saturated heterocycles. The second kappa shape index (κ2) is 6.31. The Kier molecular flexibility index (Phi) is 4.06. The molecule has 10 heteroatoms. The van der Waals surface area contributed by atoms with Gasteiger partial charge >= 0.3 is 0 Å². The summed E-state index contributed by atoms with van der Waals surface area (Å²) >= 11 is 0. The Morgan fingerprint density at radius 3 is 2.89 bits per heavy atom. The number of anilines is 1. The lowest BCUT2D eigenvalue weighted by Crippen LogP contribution is -2.40. The van der Waals surface area contributed by atoms with Gasteiger partial charge in [0.15, 0.2) is 11.5 Å². The molecule has 0 aliphatic carbocycles. The van der Waals surface area contributed by atoms with Crippen molar-refractivity contribution in [1.29, 1.82) is 0 Å². The highest BCUT2D eigenvalue weighted by molar-refractivity contribution is 7.90. The fraction of sp³-hybridized carbons (Fsp3) is 0.294. The third kappa shape index (κ3) is 3.23. The van der Waals surface area contributed by atoms with Gasteiger partial charge in [-0.05, 0) is 32.1 Å². The van der Waals surface area contributed by atoms with Gasteiger partial charge in [0.05, 0.1) is 29.4 Å². The molecule has 0 spiro atoms. The third-order valence-corrected chi connectivity index (χ3v) is 5.43. The summed E-state index contributed by atoms with van der Waals surface area (Å²) in [6.07, 6.45) is 8.20. The van der Waals surface area contributed by atoms with Crippen LogP contribution in [0.5, 0.6) is 0 Å². The van der Waals surface area contributed by atoms with Crippen LogP contribution < -0.4 is 5.32 Å². The summed E-state index contributed by atoms with van der Waals surface area (Å²) in [6, 6.07) is 1.95. The molecular formula is C17H18N6O3S. The van der Waals surface area contributed by atoms with Gasteiger partial charge in [0.25, 0.3) is 15.9 Å². The van der Waals surface area contributed by atoms with Crippen molar-refractivity contribution < 1.29 is 13.2 Å². The van der Waals surface area contributed by atoms with Crippen LogP contribution in [0.25, 0.3) is 11.0 Å². The monoisotopic (exact) mass is 386 g/mol. The standard InChI is InChI=1S/C17H18N6O3S/c1-11(2)23-15-12(9-19-23)8-13(10-18-15)20-17(24)14-4-3-5-22-6-7-27(25,26)21-16(14)22/h3-5,8-11H,6-7H2,1-2H3,(H,20,24). The summed E-state index contributed by atoms with van der Waals surface area (Å²) in [4.78, 5) is 18.8. The molecule has 140 valence electrons. The fourth-order valence-corrected chi connectivity index (χ4v) is 3.96. The number of amides is 1. The number of allylic oxidation sites excluding steroid dienone is 2. The van der Waals surface area contributed by atoms with Gasteiger partial charge in [-0.3, -0.25) is 4.79 Å². The number of fused-ring (bicyclic) bond motifs is 2. The molecule has 0 fully saturated rings. The van der Waals surface area contributed by atoms with E-state index in [9.17, 15) is 13.2 Å². The van der Waals surface area contributed by atoms with Crippen molar-refractivity contribution >= 4 is 38.5 Å². The van der Waals surface area contributed by atoms with E-state index in [1.807, 2.05) is 13.8 Å². The Hall–Kier alpha value is -3.01. The molecule has 0 bridgehead atoms. The number of rotatable bonds is 3. The SMILES string of the molecule is CC(C)n1ncc2cc(NC(=O)C3=CC=CN4CCS(=O)(=O)N=C34)cnc21. The van der Waals surface area contributed by atoms with Crippen molar-refractivity contribution in [3.8, 4) is 0 Å². The first-order valence-electron chi connectivity index (χ1n) is 8.47. The lowest BCUT2D eigenvalue weighted by Gasteiger charge is -2.28. The molecule has 0 aromatic carbocycles. The van der Waals surface area contributed by atoms with Crippen molar-refractivity contribution in [3.05, 3.63) is 42.4 Å². The van der Waals surface area contributed by atoms with Crippen molar-refractivity contribution in [2.45, 2.75) is 19.9 Å². The Morgan fingerprint density at radius 1 is 1.30 bits per heavy atom. The Morgan fingerprint density at radius 2 is 2.11 bits per heavy atom. The number of hydrogen-bond acceptors (Lipinski definition) is 6. The maximum atomic E-state index is 12.7. The average molecular weight is 386 g/mol. The maximum Gasteiger partial charge on any atom is 0.259 e. The predicted molar refractivity (Wildman–Crippen MR) is 102 cm³/mol. The lowest BCUT2D eigenvalue weighted by molar-refractivity contribution is -0.112. The minimum Gasteiger partial charge on any atom is -0.331 e. The van der Waals surface area contributed by atoms with E-state index in [1.165, 1.54) is 0 Å². The van der Waals surface area contributed by atoms with E-state index in [0.717, 1.165) is 11.0 Å². The topological polar surface area (TPSA) is 110 Å². The van der Waals surface area contributed by atoms with Crippen LogP contribution in [0.3, 0.4) is 0 Å². The van der Waals surface area contributed by atoms with Crippen LogP contribution in [0.15, 0.2) is 46.8 Å². The number of carbonyl (C=O) groups excluding carboxylic acids is 1. The second-order valence-electron chi connectivity index (χ2n) is 6.59. The highest BCUT2D eigenvalue weighted by Crippen LogP contribution is 2.22. The highest BCUT2D eigenvalue weighted by atomic mass is 32.2. The Bertz CT molecular complexity index is 1130. The summed E-state index contributed by atoms with van der Waals surface area (Å²) in [5.74, 6) is -0.378. The van der Waals surface area contributed by atoms with E-state index >= 15 is 0 Å². The summed E-state index contributed by atoms with van der Waals surface area (Å²) in [5, 5.41) is 7.87. The van der Waals surface area contributed by atoms with Crippen molar-refractivity contribution in [1.82, 2.24) is 19.7 Å². The molecule has 9 nitrogen and oxygen atoms in total. The molecule has 0 radical (unpaired) electrons. The van der Waals surface area contributed by atoms with Gasteiger partial charge in [-0.1, -0.05) is 0 Å². The summed E-state index contributed by atoms with van der Waals surface area (Å²) in [6.45, 7) is 4.29. The van der Waals surface area contributed by atoms with Gasteiger partial charge < -0.3 is 10.2 Å². The van der Waals surface area contributed by atoms with E-state index in [-0.39, 0.29) is 29.7 Å². The minimum absolute atomic E-state index is 0.0732. The molecule has 2 aromatic heterocycles. The number of aromatic nitrogens is 3. The molecule has 0 saturated carbocycles. The van der Waals surface area contributed by atoms with Crippen molar-refractivity contribution in [2.75, 3.05) is 17.6 Å². The fourth-order valence-electron chi connectivity index (χ4n) is 2.98. The minimum atomic E-state index is -3.56. The molecule has 0 atom stereocenters. The van der Waals surface area contributed by atoms with E-state index in [2.05, 4.69) is 19.8 Å². The van der Waals surface area contributed by atoms with Crippen LogP contribution in [0.2, 0.25) is 0 Å². The van der Waals surface area contributed by atoms with E-state index in [0.29, 0.717) is 5.69 Å². The van der Waals surface area contributed by atoms with Crippen LogP contribution in [0.1, 0.15) is 19.9 Å². The zero-order chi connectivity index (χ0) is 19.2. The highest BCUT2D eigenvalue weighted by Gasteiger charge is 2.30. The predicted octanol–water partition coefficient (Wildman–Crippen LogP) is 1.45. The van der Waals surface area contributed by atoms with E-state index in [4.69, 9.17) is 0 Å². The quantitative estimate of drug-likeness (QED) is 0.855. The molecule has 2 aliphatic rings. The van der Waals surface area contributed by atoms with Gasteiger partial charge in [-0.2, -0.15) is 5.10 Å². The number of pyridine rings is 1. The average Bonchev–Trinajstić information content (AvgIpc) is 3.03. The van der Waals surface area contributed by atoms with Crippen LogP contribution >= 0.6 is 0 Å². The number of nitrogens with zero attached hydrogens (tertiary/aromatic N) is 5. The van der Waals surface area contributed by atoms with Crippen molar-refractivity contribution in [3.63, 3.8) is 0 Å². The first-order chi connectivity index (χ1) is 12.8. The summed E-state index contributed by atoms with van der Waals surface area (Å²) in [5.41, 5.74) is 1.42. The molecule has 1 amide bonds. The first kappa shape index (κ1) is 17.4. The molecular weight excluding hydrogens is 368 g/mol. The third-order valence-electron chi connectivity index (χ3n) is 4.28. The van der Waals surface area contributed by atoms with Gasteiger partial charge in [-0.15, -0.1) is 4.40 Å². The van der Waals surface area contributed by atoms with E-state index in [1.54, 1.807) is 46.4 Å². The van der Waals surface area contributed by atoms with Gasteiger partial charge in [0, 0.05) is 24.2 Å². The smallest absolute Gasteiger partial charge is 0.259 e. The first-order valence-corrected chi connectivity index (χ1v) is 10.1. The number of carbonyl (C=O) groups is 1. The van der Waals surface area contributed by atoms with E-state index < -0.39 is 15.9 Å². The molecule has 4 rings (SSSR count). The summed E-state index contributed by atoms with van der Waals surface area (Å²) < 4.78 is 29.2. The van der Waals surface area contributed by atoms with Gasteiger partial charge in [-0.25, -0.2) is 18.1 Å². The zero-order valence-corrected chi connectivity index (χ0v) is 15.6. The Balaban J connectivity index is 1.62. The van der Waals surface area contributed by atoms with Crippen LogP contribution in [-0.2, 0) is 14.8 Å². The number of amidine groups is 1. The van der Waals surface area contributed by atoms with Crippen LogP contribution in [0, 0.1) is 0 Å². The molecule has 2 aromatic rings. The Labute approximate surface area is 156 Å². The molecule has 2 aliphatic heterocycles. The van der Waals surface area contributed by atoms with Gasteiger partial charge in [0.2, 0.25) is 0 Å². The largest absolute Gasteiger partial charge is 0.331 e. The van der Waals surface area contributed by atoms with Gasteiger partial charge in [0.1, 0.15) is 0 Å². The van der Waals surface area contributed by atoms with Crippen LogP contribution in [-0.4, -0.2) is 52.1 Å². The second-order valence-corrected chi connectivity index (χ2v) is 8.34. The van der Waals surface area contributed by atoms with Crippen LogP contribution in [0.4, 0.5) is 5.69 Å². The number of nitrogens with one attached hydrogen (secondary N) is 1. The molecule has 1 N–H and O–H groups in total. The lowest BCUT2D eigenvalue weighted by atomic mass is 10.1. The normalized spacial score (nSPS) is 18.3. The number of hydrogen-bond donors (Lipinski definition) is 1.